The highest BCUT2D eigenvalue weighted by atomic mass is 35.5. The molecule has 0 unspecified atom stereocenters. The summed E-state index contributed by atoms with van der Waals surface area (Å²) in [6, 6.07) is 5.57. The number of hydrogen-bond acceptors (Lipinski definition) is 4. The van der Waals surface area contributed by atoms with Crippen LogP contribution in [0.1, 0.15) is 18.9 Å². The molecule has 0 radical (unpaired) electrons. The molecule has 2 rings (SSSR count). The molecule has 0 atom stereocenters. The van der Waals surface area contributed by atoms with Crippen molar-refractivity contribution in [2.45, 2.75) is 19.9 Å². The number of anilines is 2. The fourth-order valence-electron chi connectivity index (χ4n) is 1.65. The molecule has 0 bridgehead atoms. The predicted molar refractivity (Wildman–Crippen MR) is 84.6 cm³/mol. The second kappa shape index (κ2) is 7.31. The molecule has 6 heteroatoms. The third kappa shape index (κ3) is 3.99. The van der Waals surface area contributed by atoms with Crippen LogP contribution < -0.4 is 10.6 Å². The molecule has 0 spiro atoms. The third-order valence-electron chi connectivity index (χ3n) is 2.65. The average Bonchev–Trinajstić information content (AvgIpc) is 2.46. The zero-order valence-electron chi connectivity index (χ0n) is 11.2. The highest BCUT2D eigenvalue weighted by Gasteiger charge is 2.08. The lowest BCUT2D eigenvalue weighted by molar-refractivity contribution is 0.968. The van der Waals surface area contributed by atoms with Crippen LogP contribution in [0.3, 0.4) is 0 Å². The van der Waals surface area contributed by atoms with Crippen LogP contribution in [0.5, 0.6) is 0 Å². The molecule has 0 aliphatic rings. The Bertz CT molecular complexity index is 561. The molecule has 0 fully saturated rings. The minimum Gasteiger partial charge on any atom is -0.369 e. The average molecular weight is 311 g/mol. The first-order chi connectivity index (χ1) is 9.70. The van der Waals surface area contributed by atoms with Gasteiger partial charge in [0.2, 0.25) is 0 Å². The SMILES string of the molecule is CCCNc1nc(NCc2cccnc2)c(Cl)cc1Cl. The van der Waals surface area contributed by atoms with Crippen LogP contribution in [-0.2, 0) is 6.54 Å². The van der Waals surface area contributed by atoms with E-state index < -0.39 is 0 Å². The minimum absolute atomic E-state index is 0.501. The highest BCUT2D eigenvalue weighted by Crippen LogP contribution is 2.29. The molecule has 0 aliphatic heterocycles. The smallest absolute Gasteiger partial charge is 0.147 e. The summed E-state index contributed by atoms with van der Waals surface area (Å²) in [5, 5.41) is 7.39. The van der Waals surface area contributed by atoms with E-state index in [-0.39, 0.29) is 0 Å². The van der Waals surface area contributed by atoms with E-state index in [1.807, 2.05) is 12.1 Å². The number of pyridine rings is 2. The molecule has 0 amide bonds. The minimum atomic E-state index is 0.501. The van der Waals surface area contributed by atoms with Crippen LogP contribution in [0.2, 0.25) is 10.0 Å². The summed E-state index contributed by atoms with van der Waals surface area (Å²) in [6.45, 7) is 3.50. The molecule has 2 heterocycles. The molecule has 0 saturated carbocycles. The summed E-state index contributed by atoms with van der Waals surface area (Å²) in [4.78, 5) is 8.48. The van der Waals surface area contributed by atoms with Crippen LogP contribution in [0.25, 0.3) is 0 Å². The Kier molecular flexibility index (Phi) is 5.44. The first kappa shape index (κ1) is 14.9. The van der Waals surface area contributed by atoms with E-state index in [1.165, 1.54) is 0 Å². The number of rotatable bonds is 6. The van der Waals surface area contributed by atoms with Crippen molar-refractivity contribution in [2.75, 3.05) is 17.2 Å². The van der Waals surface area contributed by atoms with E-state index in [0.717, 1.165) is 18.5 Å². The van der Waals surface area contributed by atoms with Gasteiger partial charge in [-0.1, -0.05) is 36.2 Å². The summed E-state index contributed by atoms with van der Waals surface area (Å²) in [7, 11) is 0. The molecule has 2 N–H and O–H groups in total. The monoisotopic (exact) mass is 310 g/mol. The molecule has 4 nitrogen and oxygen atoms in total. The van der Waals surface area contributed by atoms with Crippen molar-refractivity contribution < 1.29 is 0 Å². The lowest BCUT2D eigenvalue weighted by Crippen LogP contribution is -2.07. The number of halogens is 2. The van der Waals surface area contributed by atoms with E-state index >= 15 is 0 Å². The fourth-order valence-corrected chi connectivity index (χ4v) is 2.14. The van der Waals surface area contributed by atoms with Crippen molar-refractivity contribution >= 4 is 34.8 Å². The van der Waals surface area contributed by atoms with Gasteiger partial charge in [0.15, 0.2) is 0 Å². The van der Waals surface area contributed by atoms with Gasteiger partial charge in [0.05, 0.1) is 10.0 Å². The predicted octanol–water partition coefficient (Wildman–Crippen LogP) is 4.22. The molecule has 20 heavy (non-hydrogen) atoms. The molecule has 2 aromatic heterocycles. The number of aromatic nitrogens is 2. The highest BCUT2D eigenvalue weighted by molar-refractivity contribution is 6.37. The maximum Gasteiger partial charge on any atom is 0.147 e. The van der Waals surface area contributed by atoms with Crippen molar-refractivity contribution in [1.82, 2.24) is 9.97 Å². The zero-order chi connectivity index (χ0) is 14.4. The summed E-state index contributed by atoms with van der Waals surface area (Å²) in [5.74, 6) is 1.25. The Balaban J connectivity index is 2.10. The van der Waals surface area contributed by atoms with Crippen molar-refractivity contribution in [1.29, 1.82) is 0 Å². The second-order valence-electron chi connectivity index (χ2n) is 4.29. The number of nitrogens with one attached hydrogen (secondary N) is 2. The number of nitrogens with zero attached hydrogens (tertiary/aromatic N) is 2. The van der Waals surface area contributed by atoms with Gasteiger partial charge >= 0.3 is 0 Å². The second-order valence-corrected chi connectivity index (χ2v) is 5.11. The quantitative estimate of drug-likeness (QED) is 0.839. The Morgan fingerprint density at radius 1 is 1.15 bits per heavy atom. The van der Waals surface area contributed by atoms with Gasteiger partial charge in [-0.3, -0.25) is 4.98 Å². The van der Waals surface area contributed by atoms with Crippen LogP contribution in [0.15, 0.2) is 30.6 Å². The van der Waals surface area contributed by atoms with Gasteiger partial charge in [-0.05, 0) is 24.1 Å². The first-order valence-electron chi connectivity index (χ1n) is 6.43. The molecule has 106 valence electrons. The van der Waals surface area contributed by atoms with Gasteiger partial charge < -0.3 is 10.6 Å². The van der Waals surface area contributed by atoms with Gasteiger partial charge in [0.25, 0.3) is 0 Å². The van der Waals surface area contributed by atoms with Crippen molar-refractivity contribution in [3.63, 3.8) is 0 Å². The Hall–Kier alpha value is -1.52. The van der Waals surface area contributed by atoms with E-state index in [2.05, 4.69) is 27.5 Å². The van der Waals surface area contributed by atoms with Crippen molar-refractivity contribution in [3.05, 3.63) is 46.2 Å². The van der Waals surface area contributed by atoms with Gasteiger partial charge in [0.1, 0.15) is 11.6 Å². The Morgan fingerprint density at radius 2 is 1.90 bits per heavy atom. The van der Waals surface area contributed by atoms with Gasteiger partial charge in [0, 0.05) is 25.5 Å². The largest absolute Gasteiger partial charge is 0.369 e. The van der Waals surface area contributed by atoms with Crippen molar-refractivity contribution in [2.24, 2.45) is 0 Å². The summed E-state index contributed by atoms with van der Waals surface area (Å²) < 4.78 is 0. The fraction of sp³-hybridized carbons (Fsp3) is 0.286. The van der Waals surface area contributed by atoms with Crippen LogP contribution in [0, 0.1) is 0 Å². The van der Waals surface area contributed by atoms with Crippen molar-refractivity contribution in [3.8, 4) is 0 Å². The van der Waals surface area contributed by atoms with Gasteiger partial charge in [-0.25, -0.2) is 4.98 Å². The maximum atomic E-state index is 6.15. The normalized spacial score (nSPS) is 10.3. The maximum absolute atomic E-state index is 6.15. The molecule has 2 aromatic rings. The van der Waals surface area contributed by atoms with E-state index in [1.54, 1.807) is 18.5 Å². The molecular formula is C14H16Cl2N4. The van der Waals surface area contributed by atoms with E-state index in [4.69, 9.17) is 23.2 Å². The molecule has 0 aliphatic carbocycles. The molecule has 0 aromatic carbocycles. The summed E-state index contributed by atoms with van der Waals surface area (Å²) in [5.41, 5.74) is 1.06. The summed E-state index contributed by atoms with van der Waals surface area (Å²) >= 11 is 12.3. The van der Waals surface area contributed by atoms with Crippen LogP contribution in [0.4, 0.5) is 11.6 Å². The lowest BCUT2D eigenvalue weighted by Gasteiger charge is -2.12. The molecular weight excluding hydrogens is 295 g/mol. The van der Waals surface area contributed by atoms with E-state index in [9.17, 15) is 0 Å². The van der Waals surface area contributed by atoms with Crippen LogP contribution >= 0.6 is 23.2 Å². The first-order valence-corrected chi connectivity index (χ1v) is 7.19. The Labute approximate surface area is 128 Å². The van der Waals surface area contributed by atoms with Crippen LogP contribution in [-0.4, -0.2) is 16.5 Å². The topological polar surface area (TPSA) is 49.8 Å². The van der Waals surface area contributed by atoms with Gasteiger partial charge in [-0.15, -0.1) is 0 Å². The van der Waals surface area contributed by atoms with Gasteiger partial charge in [-0.2, -0.15) is 0 Å². The molecule has 0 saturated heterocycles. The Morgan fingerprint density at radius 3 is 2.55 bits per heavy atom. The standard InChI is InChI=1S/C14H16Cl2N4/c1-2-5-18-13-11(15)7-12(16)14(20-13)19-9-10-4-3-6-17-8-10/h3-4,6-8H,2,5,9H2,1H3,(H2,18,19,20). The lowest BCUT2D eigenvalue weighted by atomic mass is 10.3. The zero-order valence-corrected chi connectivity index (χ0v) is 12.7. The summed E-state index contributed by atoms with van der Waals surface area (Å²) in [6.07, 6.45) is 4.54. The third-order valence-corrected chi connectivity index (χ3v) is 3.23. The van der Waals surface area contributed by atoms with E-state index in [0.29, 0.717) is 28.2 Å². The number of hydrogen-bond donors (Lipinski definition) is 2.